The maximum absolute atomic E-state index is 12.7. The van der Waals surface area contributed by atoms with Crippen LogP contribution in [0.25, 0.3) is 0 Å². The summed E-state index contributed by atoms with van der Waals surface area (Å²) in [6, 6.07) is 8.71. The maximum Gasteiger partial charge on any atom is 0.265 e. The average Bonchev–Trinajstić information content (AvgIpc) is 3.39. The van der Waals surface area contributed by atoms with Crippen molar-refractivity contribution in [2.24, 2.45) is 0 Å². The predicted octanol–water partition coefficient (Wildman–Crippen LogP) is 4.45. The zero-order valence-corrected chi connectivity index (χ0v) is 17.7. The van der Waals surface area contributed by atoms with E-state index >= 15 is 0 Å². The third-order valence-electron chi connectivity index (χ3n) is 5.34. The summed E-state index contributed by atoms with van der Waals surface area (Å²) < 4.78 is 1.49. The third kappa shape index (κ3) is 4.76. The largest absolute Gasteiger partial charge is 0.324 e. The SMILES string of the molecule is CC(C(=O)Nc1ccc(NC(=O)c2cc3c(s2)CCCCCC3)cc1)n1cncn1. The number of aryl methyl sites for hydroxylation is 2. The van der Waals surface area contributed by atoms with E-state index in [1.165, 1.54) is 53.5 Å². The Balaban J connectivity index is 1.37. The number of aromatic nitrogens is 3. The van der Waals surface area contributed by atoms with Crippen molar-refractivity contribution < 1.29 is 9.59 Å². The highest BCUT2D eigenvalue weighted by molar-refractivity contribution is 7.14. The van der Waals surface area contributed by atoms with Crippen molar-refractivity contribution in [1.82, 2.24) is 14.8 Å². The summed E-state index contributed by atoms with van der Waals surface area (Å²) in [6.07, 6.45) is 10.0. The first-order chi connectivity index (χ1) is 14.6. The highest BCUT2D eigenvalue weighted by atomic mass is 32.1. The number of anilines is 2. The molecule has 0 aliphatic heterocycles. The molecule has 0 saturated heterocycles. The van der Waals surface area contributed by atoms with E-state index in [-0.39, 0.29) is 11.8 Å². The molecule has 2 heterocycles. The Morgan fingerprint density at radius 2 is 1.73 bits per heavy atom. The van der Waals surface area contributed by atoms with Crippen molar-refractivity contribution in [3.05, 3.63) is 58.3 Å². The maximum atomic E-state index is 12.7. The van der Waals surface area contributed by atoms with Gasteiger partial charge in [-0.05, 0) is 68.5 Å². The Bertz CT molecular complexity index is 985. The van der Waals surface area contributed by atoms with E-state index in [1.807, 2.05) is 0 Å². The average molecular weight is 424 g/mol. The quantitative estimate of drug-likeness (QED) is 0.634. The van der Waals surface area contributed by atoms with Gasteiger partial charge in [-0.2, -0.15) is 5.10 Å². The second kappa shape index (κ2) is 9.21. The van der Waals surface area contributed by atoms with Gasteiger partial charge in [0.25, 0.3) is 5.91 Å². The summed E-state index contributed by atoms with van der Waals surface area (Å²) in [5, 5.41) is 9.80. The molecule has 0 radical (unpaired) electrons. The smallest absolute Gasteiger partial charge is 0.265 e. The number of benzene rings is 1. The molecule has 8 heteroatoms. The van der Waals surface area contributed by atoms with E-state index in [1.54, 1.807) is 42.5 Å². The lowest BCUT2D eigenvalue weighted by Gasteiger charge is -2.12. The molecule has 0 saturated carbocycles. The summed E-state index contributed by atoms with van der Waals surface area (Å²) in [7, 11) is 0. The lowest BCUT2D eigenvalue weighted by Crippen LogP contribution is -2.24. The van der Waals surface area contributed by atoms with Gasteiger partial charge >= 0.3 is 0 Å². The zero-order valence-electron chi connectivity index (χ0n) is 16.9. The molecule has 1 aromatic carbocycles. The molecule has 2 N–H and O–H groups in total. The number of carbonyl (C=O) groups is 2. The molecular weight excluding hydrogens is 398 g/mol. The molecule has 1 aliphatic rings. The Hall–Kier alpha value is -3.00. The van der Waals surface area contributed by atoms with Crippen LogP contribution in [-0.4, -0.2) is 26.6 Å². The van der Waals surface area contributed by atoms with E-state index in [4.69, 9.17) is 0 Å². The second-order valence-corrected chi connectivity index (χ2v) is 8.68. The Labute approximate surface area is 179 Å². The standard InChI is InChI=1S/C22H25N5O2S/c1-15(27-14-23-13-24-27)21(28)25-17-8-10-18(11-9-17)26-22(29)20-12-16-6-4-2-3-5-7-19(16)30-20/h8-15H,2-7H2,1H3,(H,25,28)(H,26,29). The van der Waals surface area contributed by atoms with Crippen molar-refractivity contribution in [1.29, 1.82) is 0 Å². The lowest BCUT2D eigenvalue weighted by molar-refractivity contribution is -0.119. The van der Waals surface area contributed by atoms with E-state index in [0.29, 0.717) is 11.4 Å². The molecule has 4 rings (SSSR count). The van der Waals surface area contributed by atoms with Crippen LogP contribution in [0.3, 0.4) is 0 Å². The fraction of sp³-hybridized carbons (Fsp3) is 0.364. The molecule has 1 unspecified atom stereocenters. The molecule has 3 aromatic rings. The first-order valence-electron chi connectivity index (χ1n) is 10.3. The normalized spacial score (nSPS) is 14.8. The number of hydrogen-bond donors (Lipinski definition) is 2. The minimum atomic E-state index is -0.467. The van der Waals surface area contributed by atoms with Gasteiger partial charge in [0.2, 0.25) is 5.91 Å². The lowest BCUT2D eigenvalue weighted by atomic mass is 10.00. The summed E-state index contributed by atoms with van der Waals surface area (Å²) in [6.45, 7) is 1.75. The van der Waals surface area contributed by atoms with Crippen molar-refractivity contribution >= 4 is 34.5 Å². The molecule has 1 aliphatic carbocycles. The number of hydrogen-bond acceptors (Lipinski definition) is 5. The number of amides is 2. The van der Waals surface area contributed by atoms with E-state index in [2.05, 4.69) is 26.8 Å². The minimum absolute atomic E-state index is 0.0802. The molecule has 156 valence electrons. The second-order valence-electron chi connectivity index (χ2n) is 7.55. The van der Waals surface area contributed by atoms with E-state index < -0.39 is 6.04 Å². The minimum Gasteiger partial charge on any atom is -0.324 e. The molecule has 0 bridgehead atoms. The van der Waals surface area contributed by atoms with Crippen LogP contribution >= 0.6 is 11.3 Å². The van der Waals surface area contributed by atoms with Crippen LogP contribution in [0, 0.1) is 0 Å². The zero-order chi connectivity index (χ0) is 20.9. The van der Waals surface area contributed by atoms with Gasteiger partial charge in [-0.3, -0.25) is 9.59 Å². The van der Waals surface area contributed by atoms with Crippen LogP contribution in [-0.2, 0) is 17.6 Å². The molecule has 0 spiro atoms. The molecule has 30 heavy (non-hydrogen) atoms. The van der Waals surface area contributed by atoms with Crippen LogP contribution in [0.5, 0.6) is 0 Å². The van der Waals surface area contributed by atoms with Gasteiger partial charge in [-0.25, -0.2) is 9.67 Å². The Morgan fingerprint density at radius 1 is 1.03 bits per heavy atom. The van der Waals surface area contributed by atoms with Crippen LogP contribution in [0.2, 0.25) is 0 Å². The summed E-state index contributed by atoms with van der Waals surface area (Å²) in [4.78, 5) is 31.0. The van der Waals surface area contributed by atoms with Crippen molar-refractivity contribution in [3.63, 3.8) is 0 Å². The highest BCUT2D eigenvalue weighted by Crippen LogP contribution is 2.29. The van der Waals surface area contributed by atoms with Crippen LogP contribution in [0.15, 0.2) is 43.0 Å². The van der Waals surface area contributed by atoms with Gasteiger partial charge < -0.3 is 10.6 Å². The summed E-state index contributed by atoms with van der Waals surface area (Å²) in [5.41, 5.74) is 2.69. The number of carbonyl (C=O) groups excluding carboxylic acids is 2. The predicted molar refractivity (Wildman–Crippen MR) is 118 cm³/mol. The van der Waals surface area contributed by atoms with Gasteiger partial charge in [-0.1, -0.05) is 12.8 Å². The monoisotopic (exact) mass is 423 g/mol. The van der Waals surface area contributed by atoms with Crippen LogP contribution < -0.4 is 10.6 Å². The fourth-order valence-electron chi connectivity index (χ4n) is 3.57. The van der Waals surface area contributed by atoms with Crippen LogP contribution in [0.4, 0.5) is 11.4 Å². The molecule has 2 amide bonds. The van der Waals surface area contributed by atoms with E-state index in [0.717, 1.165) is 17.7 Å². The summed E-state index contributed by atoms with van der Waals surface area (Å²) in [5.74, 6) is -0.267. The van der Waals surface area contributed by atoms with E-state index in [9.17, 15) is 9.59 Å². The molecule has 7 nitrogen and oxygen atoms in total. The first-order valence-corrected chi connectivity index (χ1v) is 11.1. The van der Waals surface area contributed by atoms with Crippen molar-refractivity contribution in [3.8, 4) is 0 Å². The van der Waals surface area contributed by atoms with Crippen molar-refractivity contribution in [2.75, 3.05) is 10.6 Å². The molecule has 2 aromatic heterocycles. The Morgan fingerprint density at radius 3 is 2.43 bits per heavy atom. The first kappa shape index (κ1) is 20.3. The number of fused-ring (bicyclic) bond motifs is 1. The molecule has 1 atom stereocenters. The topological polar surface area (TPSA) is 88.9 Å². The summed E-state index contributed by atoms with van der Waals surface area (Å²) >= 11 is 1.62. The number of nitrogens with one attached hydrogen (secondary N) is 2. The van der Waals surface area contributed by atoms with Gasteiger partial charge in [0.05, 0.1) is 4.88 Å². The Kier molecular flexibility index (Phi) is 6.23. The molecular formula is C22H25N5O2S. The number of nitrogens with zero attached hydrogens (tertiary/aromatic N) is 3. The third-order valence-corrected chi connectivity index (χ3v) is 6.58. The van der Waals surface area contributed by atoms with Gasteiger partial charge in [0, 0.05) is 16.3 Å². The van der Waals surface area contributed by atoms with Crippen LogP contribution in [0.1, 0.15) is 58.8 Å². The van der Waals surface area contributed by atoms with Gasteiger partial charge in [-0.15, -0.1) is 11.3 Å². The fourth-order valence-corrected chi connectivity index (χ4v) is 4.72. The molecule has 0 fully saturated rings. The number of thiophene rings is 1. The van der Waals surface area contributed by atoms with Gasteiger partial charge in [0.15, 0.2) is 0 Å². The number of rotatable bonds is 5. The van der Waals surface area contributed by atoms with Crippen molar-refractivity contribution in [2.45, 2.75) is 51.5 Å². The van der Waals surface area contributed by atoms with Gasteiger partial charge in [0.1, 0.15) is 18.7 Å². The highest BCUT2D eigenvalue weighted by Gasteiger charge is 2.17.